The molecule has 2 nitrogen and oxygen atoms in total. The molecule has 0 spiro atoms. The van der Waals surface area contributed by atoms with Crippen molar-refractivity contribution in [2.75, 3.05) is 7.05 Å². The van der Waals surface area contributed by atoms with Crippen molar-refractivity contribution >= 4 is 12.0 Å². The molecule has 0 aliphatic heterocycles. The molecule has 0 heterocycles. The highest BCUT2D eigenvalue weighted by molar-refractivity contribution is 5.97. The van der Waals surface area contributed by atoms with Gasteiger partial charge in [0.2, 0.25) is 5.91 Å². The molecule has 0 bridgehead atoms. The van der Waals surface area contributed by atoms with E-state index in [-0.39, 0.29) is 11.7 Å². The summed E-state index contributed by atoms with van der Waals surface area (Å²) < 4.78 is 13.0. The van der Waals surface area contributed by atoms with E-state index in [9.17, 15) is 9.18 Å². The van der Waals surface area contributed by atoms with Crippen LogP contribution < -0.4 is 5.32 Å². The molecule has 0 saturated heterocycles. The number of halogens is 1. The van der Waals surface area contributed by atoms with E-state index in [1.54, 1.807) is 39.1 Å². The highest BCUT2D eigenvalue weighted by atomic mass is 19.1. The maximum atomic E-state index is 13.0. The molecule has 0 unspecified atom stereocenters. The first-order chi connectivity index (χ1) is 8.04. The smallest absolute Gasteiger partial charge is 0.246 e. The van der Waals surface area contributed by atoms with Crippen molar-refractivity contribution in [2.24, 2.45) is 0 Å². The molecule has 1 aromatic rings. The Bertz CT molecular complexity index is 411. The van der Waals surface area contributed by atoms with Gasteiger partial charge in [-0.15, -0.1) is 0 Å². The largest absolute Gasteiger partial charge is 0.355 e. The molecule has 0 aliphatic carbocycles. The molecule has 3 heteroatoms. The quantitative estimate of drug-likeness (QED) is 0.785. The molecule has 1 amide bonds. The van der Waals surface area contributed by atoms with Crippen LogP contribution in [0.5, 0.6) is 0 Å². The fraction of sp³-hybridized carbons (Fsp3) is 0.357. The van der Waals surface area contributed by atoms with E-state index in [2.05, 4.69) is 5.32 Å². The zero-order chi connectivity index (χ0) is 13.4. The van der Waals surface area contributed by atoms with Gasteiger partial charge in [-0.2, -0.15) is 0 Å². The minimum absolute atomic E-state index is 0.128. The second-order valence-corrected chi connectivity index (χ2v) is 3.42. The summed E-state index contributed by atoms with van der Waals surface area (Å²) in [5.74, 6) is -0.360. The van der Waals surface area contributed by atoms with Crippen LogP contribution in [-0.4, -0.2) is 13.0 Å². The van der Waals surface area contributed by atoms with Gasteiger partial charge in [-0.1, -0.05) is 19.9 Å². The first-order valence-electron chi connectivity index (χ1n) is 5.71. The Labute approximate surface area is 103 Å². The number of aryl methyl sites for hydroxylation is 1. The number of amides is 1. The molecule has 1 N–H and O–H groups in total. The molecule has 0 radical (unpaired) electrons. The first-order valence-corrected chi connectivity index (χ1v) is 5.71. The van der Waals surface area contributed by atoms with Gasteiger partial charge < -0.3 is 5.32 Å². The van der Waals surface area contributed by atoms with Gasteiger partial charge in [-0.3, -0.25) is 4.79 Å². The first kappa shape index (κ1) is 15.4. The zero-order valence-corrected chi connectivity index (χ0v) is 11.1. The summed E-state index contributed by atoms with van der Waals surface area (Å²) in [4.78, 5) is 11.2. The van der Waals surface area contributed by atoms with Crippen molar-refractivity contribution < 1.29 is 9.18 Å². The van der Waals surface area contributed by atoms with Crippen LogP contribution in [0.4, 0.5) is 4.39 Å². The third-order valence-corrected chi connectivity index (χ3v) is 2.15. The summed E-state index contributed by atoms with van der Waals surface area (Å²) in [6.07, 6.45) is 1.73. The summed E-state index contributed by atoms with van der Waals surface area (Å²) in [7, 11) is 1.58. The lowest BCUT2D eigenvalue weighted by molar-refractivity contribution is -0.116. The molecular weight excluding hydrogens is 217 g/mol. The second kappa shape index (κ2) is 7.60. The summed E-state index contributed by atoms with van der Waals surface area (Å²) in [5, 5.41) is 2.53. The normalized spacial score (nSPS) is 10.4. The van der Waals surface area contributed by atoms with Gasteiger partial charge in [0, 0.05) is 12.6 Å². The number of hydrogen-bond donors (Lipinski definition) is 1. The lowest BCUT2D eigenvalue weighted by Gasteiger charge is -2.01. The van der Waals surface area contributed by atoms with Crippen molar-refractivity contribution in [1.82, 2.24) is 5.32 Å². The molecule has 0 aromatic heterocycles. The molecule has 0 aliphatic rings. The summed E-state index contributed by atoms with van der Waals surface area (Å²) >= 11 is 0. The van der Waals surface area contributed by atoms with Crippen LogP contribution in [0.25, 0.3) is 6.08 Å². The SMILES string of the molecule is CC.CNC(=O)/C(C)=C\c1ccc(F)c(C)c1. The van der Waals surface area contributed by atoms with Gasteiger partial charge in [0.1, 0.15) is 5.82 Å². The molecule has 1 aromatic carbocycles. The third-order valence-electron chi connectivity index (χ3n) is 2.15. The van der Waals surface area contributed by atoms with Crippen molar-refractivity contribution in [3.63, 3.8) is 0 Å². The van der Waals surface area contributed by atoms with E-state index in [0.29, 0.717) is 11.1 Å². The fourth-order valence-electron chi connectivity index (χ4n) is 1.27. The molecular formula is C14H20FNO. The number of carbonyl (C=O) groups is 1. The van der Waals surface area contributed by atoms with Crippen molar-refractivity contribution in [3.05, 3.63) is 40.7 Å². The van der Waals surface area contributed by atoms with Crippen LogP contribution in [0.1, 0.15) is 31.9 Å². The van der Waals surface area contributed by atoms with E-state index in [1.165, 1.54) is 6.07 Å². The van der Waals surface area contributed by atoms with E-state index in [0.717, 1.165) is 5.56 Å². The number of benzene rings is 1. The lowest BCUT2D eigenvalue weighted by atomic mass is 10.1. The van der Waals surface area contributed by atoms with E-state index in [1.807, 2.05) is 13.8 Å². The fourth-order valence-corrected chi connectivity index (χ4v) is 1.27. The highest BCUT2D eigenvalue weighted by Crippen LogP contribution is 2.12. The van der Waals surface area contributed by atoms with Gasteiger partial charge in [0.15, 0.2) is 0 Å². The molecule has 17 heavy (non-hydrogen) atoms. The number of hydrogen-bond acceptors (Lipinski definition) is 1. The Morgan fingerprint density at radius 1 is 1.35 bits per heavy atom. The third kappa shape index (κ3) is 4.81. The Balaban J connectivity index is 0.00000121. The topological polar surface area (TPSA) is 29.1 Å². The molecule has 94 valence electrons. The lowest BCUT2D eigenvalue weighted by Crippen LogP contribution is -2.18. The predicted molar refractivity (Wildman–Crippen MR) is 70.2 cm³/mol. The Morgan fingerprint density at radius 2 is 1.94 bits per heavy atom. The Morgan fingerprint density at radius 3 is 2.41 bits per heavy atom. The monoisotopic (exact) mass is 237 g/mol. The second-order valence-electron chi connectivity index (χ2n) is 3.42. The van der Waals surface area contributed by atoms with Crippen molar-refractivity contribution in [3.8, 4) is 0 Å². The molecule has 1 rings (SSSR count). The van der Waals surface area contributed by atoms with Gasteiger partial charge in [-0.05, 0) is 43.2 Å². The summed E-state index contributed by atoms with van der Waals surface area (Å²) in [5.41, 5.74) is 2.01. The van der Waals surface area contributed by atoms with Crippen LogP contribution in [0.2, 0.25) is 0 Å². The van der Waals surface area contributed by atoms with Crippen LogP contribution in [0.3, 0.4) is 0 Å². The molecule has 0 fully saturated rings. The number of nitrogens with one attached hydrogen (secondary N) is 1. The van der Waals surface area contributed by atoms with Gasteiger partial charge >= 0.3 is 0 Å². The van der Waals surface area contributed by atoms with Gasteiger partial charge in [0.25, 0.3) is 0 Å². The van der Waals surface area contributed by atoms with Crippen LogP contribution >= 0.6 is 0 Å². The van der Waals surface area contributed by atoms with E-state index >= 15 is 0 Å². The zero-order valence-electron chi connectivity index (χ0n) is 11.1. The van der Waals surface area contributed by atoms with Gasteiger partial charge in [-0.25, -0.2) is 4.39 Å². The van der Waals surface area contributed by atoms with E-state index < -0.39 is 0 Å². The predicted octanol–water partition coefficient (Wildman–Crippen LogP) is 3.31. The molecule has 0 atom stereocenters. The van der Waals surface area contributed by atoms with Crippen LogP contribution in [0, 0.1) is 12.7 Å². The number of carbonyl (C=O) groups excluding carboxylic acids is 1. The van der Waals surface area contributed by atoms with Gasteiger partial charge in [0.05, 0.1) is 0 Å². The number of likely N-dealkylation sites (N-methyl/N-ethyl adjacent to an activating group) is 1. The maximum absolute atomic E-state index is 13.0. The average Bonchev–Trinajstić information content (AvgIpc) is 2.35. The Hall–Kier alpha value is -1.64. The number of rotatable bonds is 2. The van der Waals surface area contributed by atoms with Crippen molar-refractivity contribution in [1.29, 1.82) is 0 Å². The maximum Gasteiger partial charge on any atom is 0.246 e. The van der Waals surface area contributed by atoms with E-state index in [4.69, 9.17) is 0 Å². The average molecular weight is 237 g/mol. The van der Waals surface area contributed by atoms with Crippen molar-refractivity contribution in [2.45, 2.75) is 27.7 Å². The standard InChI is InChI=1S/C12H14FNO.C2H6/c1-8-6-10(4-5-11(8)13)7-9(2)12(15)14-3;1-2/h4-7H,1-3H3,(H,14,15);1-2H3/b9-7-;. The minimum Gasteiger partial charge on any atom is -0.355 e. The highest BCUT2D eigenvalue weighted by Gasteiger charge is 2.02. The molecule has 0 saturated carbocycles. The summed E-state index contributed by atoms with van der Waals surface area (Å²) in [6.45, 7) is 7.42. The Kier molecular flexibility index (Phi) is 6.87. The summed E-state index contributed by atoms with van der Waals surface area (Å²) in [6, 6.07) is 4.76. The van der Waals surface area contributed by atoms with Crippen LogP contribution in [0.15, 0.2) is 23.8 Å². The van der Waals surface area contributed by atoms with Crippen LogP contribution in [-0.2, 0) is 4.79 Å². The minimum atomic E-state index is -0.232.